The number of rotatable bonds is 3. The molecule has 9 heavy (non-hydrogen) atoms. The highest BCUT2D eigenvalue weighted by atomic mass is 16.3. The minimum atomic E-state index is -0.755. The molecular formula is C7H14O2. The van der Waals surface area contributed by atoms with E-state index in [4.69, 9.17) is 10.2 Å². The summed E-state index contributed by atoms with van der Waals surface area (Å²) >= 11 is 0. The second kappa shape index (κ2) is 3.51. The van der Waals surface area contributed by atoms with Crippen LogP contribution < -0.4 is 0 Å². The zero-order chi connectivity index (χ0) is 7.44. The van der Waals surface area contributed by atoms with E-state index in [1.54, 1.807) is 0 Å². The van der Waals surface area contributed by atoms with Crippen molar-refractivity contribution >= 4 is 0 Å². The molecule has 0 saturated carbocycles. The molecule has 0 aliphatic carbocycles. The Hall–Kier alpha value is -0.500. The quantitative estimate of drug-likeness (QED) is 0.568. The maximum Gasteiger partial charge on any atom is 0.114 e. The molecule has 0 bridgehead atoms. The van der Waals surface area contributed by atoms with Gasteiger partial charge in [0.15, 0.2) is 0 Å². The predicted molar refractivity (Wildman–Crippen MR) is 37.2 cm³/mol. The molecular weight excluding hydrogens is 116 g/mol. The number of hydrogen-bond donors (Lipinski definition) is 2. The Morgan fingerprint density at radius 2 is 2.11 bits per heavy atom. The van der Waals surface area contributed by atoms with Crippen molar-refractivity contribution < 1.29 is 10.2 Å². The number of hydrogen-bond acceptors (Lipinski definition) is 2. The Kier molecular flexibility index (Phi) is 3.32. The number of aliphatic hydroxyl groups excluding tert-OH is 2. The summed E-state index contributed by atoms with van der Waals surface area (Å²) < 4.78 is 0. The molecule has 54 valence electrons. The van der Waals surface area contributed by atoms with E-state index in [0.717, 1.165) is 6.42 Å². The summed E-state index contributed by atoms with van der Waals surface area (Å²) in [5.74, 6) is -0.0353. The molecule has 2 heteroatoms. The van der Waals surface area contributed by atoms with Crippen LogP contribution in [0.25, 0.3) is 0 Å². The van der Waals surface area contributed by atoms with Gasteiger partial charge in [-0.15, -0.1) is 0 Å². The first-order chi connectivity index (χ1) is 4.09. The predicted octanol–water partition coefficient (Wildman–Crippen LogP) is 1.47. The van der Waals surface area contributed by atoms with Crippen LogP contribution in [0.1, 0.15) is 20.3 Å². The van der Waals surface area contributed by atoms with Crippen molar-refractivity contribution in [3.63, 3.8) is 0 Å². The highest BCUT2D eigenvalue weighted by Gasteiger charge is 2.13. The van der Waals surface area contributed by atoms with Crippen molar-refractivity contribution in [3.8, 4) is 0 Å². The molecule has 0 radical (unpaired) electrons. The van der Waals surface area contributed by atoms with E-state index >= 15 is 0 Å². The molecule has 0 spiro atoms. The minimum Gasteiger partial charge on any atom is -0.510 e. The highest BCUT2D eigenvalue weighted by molar-refractivity contribution is 4.90. The van der Waals surface area contributed by atoms with Crippen LogP contribution in [0.4, 0.5) is 0 Å². The van der Waals surface area contributed by atoms with Gasteiger partial charge in [-0.2, -0.15) is 0 Å². The van der Waals surface area contributed by atoms with Gasteiger partial charge in [0.2, 0.25) is 0 Å². The summed E-state index contributed by atoms with van der Waals surface area (Å²) in [7, 11) is 0. The smallest absolute Gasteiger partial charge is 0.114 e. The molecule has 0 aromatic heterocycles. The minimum absolute atomic E-state index is 0.0995. The Balaban J connectivity index is 3.72. The van der Waals surface area contributed by atoms with Crippen LogP contribution in [0.15, 0.2) is 12.3 Å². The molecule has 0 aromatic carbocycles. The van der Waals surface area contributed by atoms with Gasteiger partial charge in [0.05, 0.1) is 0 Å². The van der Waals surface area contributed by atoms with E-state index < -0.39 is 6.10 Å². The molecule has 0 fully saturated rings. The first-order valence-electron chi connectivity index (χ1n) is 3.15. The highest BCUT2D eigenvalue weighted by Crippen LogP contribution is 2.11. The summed E-state index contributed by atoms with van der Waals surface area (Å²) in [5, 5.41) is 17.7. The fourth-order valence-corrected chi connectivity index (χ4v) is 0.552. The van der Waals surface area contributed by atoms with Crippen LogP contribution in [-0.2, 0) is 0 Å². The van der Waals surface area contributed by atoms with Crippen molar-refractivity contribution in [1.29, 1.82) is 0 Å². The van der Waals surface area contributed by atoms with Gasteiger partial charge in [-0.05, 0) is 5.92 Å². The third kappa shape index (κ3) is 2.51. The average molecular weight is 130 g/mol. The molecule has 0 aliphatic rings. The van der Waals surface area contributed by atoms with Crippen molar-refractivity contribution in [1.82, 2.24) is 0 Å². The van der Waals surface area contributed by atoms with E-state index in [0.29, 0.717) is 0 Å². The molecule has 0 amide bonds. The fraction of sp³-hybridized carbons (Fsp3) is 0.714. The Bertz CT molecular complexity index is 99.1. The third-order valence-corrected chi connectivity index (χ3v) is 1.52. The second-order valence-corrected chi connectivity index (χ2v) is 2.32. The first kappa shape index (κ1) is 8.50. The van der Waals surface area contributed by atoms with Crippen molar-refractivity contribution in [2.45, 2.75) is 26.4 Å². The fourth-order valence-electron chi connectivity index (χ4n) is 0.552. The van der Waals surface area contributed by atoms with Crippen LogP contribution in [-0.4, -0.2) is 16.3 Å². The lowest BCUT2D eigenvalue weighted by Gasteiger charge is -2.14. The van der Waals surface area contributed by atoms with Crippen LogP contribution >= 0.6 is 0 Å². The lowest BCUT2D eigenvalue weighted by atomic mass is 10.0. The first-order valence-corrected chi connectivity index (χ1v) is 3.15. The van der Waals surface area contributed by atoms with Crippen molar-refractivity contribution in [2.24, 2.45) is 5.92 Å². The Labute approximate surface area is 55.8 Å². The molecule has 2 N–H and O–H groups in total. The van der Waals surface area contributed by atoms with E-state index in [-0.39, 0.29) is 11.7 Å². The van der Waals surface area contributed by atoms with Crippen LogP contribution in [0.5, 0.6) is 0 Å². The zero-order valence-electron chi connectivity index (χ0n) is 5.96. The molecule has 0 rings (SSSR count). The standard InChI is InChI=1S/C7H14O2/c1-4-5(2)7(9)6(3)8/h5,7-9H,3-4H2,1-2H3. The average Bonchev–Trinajstić information content (AvgIpc) is 1.84. The molecule has 0 saturated heterocycles. The summed E-state index contributed by atoms with van der Waals surface area (Å²) in [6, 6.07) is 0. The van der Waals surface area contributed by atoms with E-state index in [1.807, 2.05) is 13.8 Å². The number of aliphatic hydroxyl groups is 2. The topological polar surface area (TPSA) is 40.5 Å². The van der Waals surface area contributed by atoms with E-state index in [2.05, 4.69) is 6.58 Å². The molecule has 0 aliphatic heterocycles. The normalized spacial score (nSPS) is 16.8. The third-order valence-electron chi connectivity index (χ3n) is 1.52. The molecule has 2 unspecified atom stereocenters. The molecule has 2 nitrogen and oxygen atoms in total. The van der Waals surface area contributed by atoms with Crippen LogP contribution in [0, 0.1) is 5.92 Å². The van der Waals surface area contributed by atoms with E-state index in [1.165, 1.54) is 0 Å². The van der Waals surface area contributed by atoms with Gasteiger partial charge in [-0.3, -0.25) is 0 Å². The zero-order valence-corrected chi connectivity index (χ0v) is 5.96. The Morgan fingerprint density at radius 3 is 2.22 bits per heavy atom. The summed E-state index contributed by atoms with van der Waals surface area (Å²) in [6.07, 6.45) is 0.0933. The summed E-state index contributed by atoms with van der Waals surface area (Å²) in [5.41, 5.74) is 0. The summed E-state index contributed by atoms with van der Waals surface area (Å²) in [4.78, 5) is 0. The maximum atomic E-state index is 9.05. The second-order valence-electron chi connectivity index (χ2n) is 2.32. The van der Waals surface area contributed by atoms with Gasteiger partial charge in [0.1, 0.15) is 11.9 Å². The molecule has 2 atom stereocenters. The molecule has 0 heterocycles. The van der Waals surface area contributed by atoms with Gasteiger partial charge < -0.3 is 10.2 Å². The van der Waals surface area contributed by atoms with Gasteiger partial charge >= 0.3 is 0 Å². The van der Waals surface area contributed by atoms with Crippen LogP contribution in [0.2, 0.25) is 0 Å². The SMILES string of the molecule is C=C(O)C(O)C(C)CC. The van der Waals surface area contributed by atoms with E-state index in [9.17, 15) is 0 Å². The van der Waals surface area contributed by atoms with Gasteiger partial charge in [0.25, 0.3) is 0 Å². The lowest BCUT2D eigenvalue weighted by Crippen LogP contribution is -2.18. The molecule has 0 aromatic rings. The largest absolute Gasteiger partial charge is 0.510 e. The van der Waals surface area contributed by atoms with Gasteiger partial charge in [0, 0.05) is 0 Å². The monoisotopic (exact) mass is 130 g/mol. The Morgan fingerprint density at radius 1 is 1.67 bits per heavy atom. The van der Waals surface area contributed by atoms with Gasteiger partial charge in [-0.1, -0.05) is 26.8 Å². The van der Waals surface area contributed by atoms with Crippen molar-refractivity contribution in [3.05, 3.63) is 12.3 Å². The van der Waals surface area contributed by atoms with Gasteiger partial charge in [-0.25, -0.2) is 0 Å². The summed E-state index contributed by atoms with van der Waals surface area (Å²) in [6.45, 7) is 7.05. The van der Waals surface area contributed by atoms with Crippen molar-refractivity contribution in [2.75, 3.05) is 0 Å². The maximum absolute atomic E-state index is 9.05. The lowest BCUT2D eigenvalue weighted by molar-refractivity contribution is 0.103. The van der Waals surface area contributed by atoms with Crippen LogP contribution in [0.3, 0.4) is 0 Å².